The summed E-state index contributed by atoms with van der Waals surface area (Å²) in [5.74, 6) is -0.233. The molecule has 1 saturated heterocycles. The first kappa shape index (κ1) is 18.8. The Morgan fingerprint density at radius 2 is 1.88 bits per heavy atom. The van der Waals surface area contributed by atoms with Crippen LogP contribution in [0.5, 0.6) is 0 Å². The third-order valence-electron chi connectivity index (χ3n) is 5.08. The van der Waals surface area contributed by atoms with Crippen molar-refractivity contribution in [2.45, 2.75) is 43.0 Å². The normalized spacial score (nSPS) is 19.7. The molecule has 0 bridgehead atoms. The number of rotatable bonds is 4. The number of hydrogen-bond acceptors (Lipinski definition) is 4. The highest BCUT2D eigenvalue weighted by atomic mass is 32.2. The molecule has 1 heterocycles. The van der Waals surface area contributed by atoms with Gasteiger partial charge in [0.25, 0.3) is 5.91 Å². The fourth-order valence-electron chi connectivity index (χ4n) is 3.44. The lowest BCUT2D eigenvalue weighted by molar-refractivity contribution is -0.129. The second kappa shape index (κ2) is 7.75. The summed E-state index contributed by atoms with van der Waals surface area (Å²) in [5, 5.41) is 0. The summed E-state index contributed by atoms with van der Waals surface area (Å²) in [5.41, 5.74) is 0.330. The summed E-state index contributed by atoms with van der Waals surface area (Å²) in [6.07, 6.45) is 4.06. The van der Waals surface area contributed by atoms with Gasteiger partial charge in [-0.3, -0.25) is 9.59 Å². The summed E-state index contributed by atoms with van der Waals surface area (Å²) in [6.45, 7) is 1.27. The number of nitrogens with one attached hydrogen (secondary N) is 1. The summed E-state index contributed by atoms with van der Waals surface area (Å²) < 4.78 is 27.9. The molecule has 142 valence electrons. The van der Waals surface area contributed by atoms with E-state index in [9.17, 15) is 18.0 Å². The molecule has 2 fully saturated rings. The second-order valence-corrected chi connectivity index (χ2v) is 8.70. The van der Waals surface area contributed by atoms with E-state index in [0.717, 1.165) is 25.7 Å². The van der Waals surface area contributed by atoms with Crippen molar-refractivity contribution in [1.82, 2.24) is 14.5 Å². The Morgan fingerprint density at radius 1 is 1.15 bits per heavy atom. The Balaban J connectivity index is 1.75. The van der Waals surface area contributed by atoms with E-state index >= 15 is 0 Å². The van der Waals surface area contributed by atoms with Crippen molar-refractivity contribution < 1.29 is 18.0 Å². The van der Waals surface area contributed by atoms with E-state index < -0.39 is 10.0 Å². The van der Waals surface area contributed by atoms with Crippen molar-refractivity contribution >= 4 is 21.8 Å². The Kier molecular flexibility index (Phi) is 5.62. The predicted octanol–water partition coefficient (Wildman–Crippen LogP) is 1.21. The molecule has 26 heavy (non-hydrogen) atoms. The Hall–Kier alpha value is -1.93. The van der Waals surface area contributed by atoms with Crippen LogP contribution in [0.15, 0.2) is 29.2 Å². The van der Waals surface area contributed by atoms with Gasteiger partial charge in [0.2, 0.25) is 15.9 Å². The molecule has 1 saturated carbocycles. The third-order valence-corrected chi connectivity index (χ3v) is 6.60. The van der Waals surface area contributed by atoms with Crippen molar-refractivity contribution in [3.05, 3.63) is 29.8 Å². The zero-order valence-corrected chi connectivity index (χ0v) is 15.8. The molecular weight excluding hydrogens is 354 g/mol. The van der Waals surface area contributed by atoms with Crippen LogP contribution in [0.25, 0.3) is 0 Å². The first-order valence-corrected chi connectivity index (χ1v) is 10.5. The van der Waals surface area contributed by atoms with Gasteiger partial charge in [-0.15, -0.1) is 0 Å². The standard InChI is InChI=1S/C18H25N3O4S/c1-20-11-12-21(10-9-17(20)22)18(23)14-5-4-8-16(13-14)26(24,25)19-15-6-2-3-7-15/h4-5,8,13,15,19H,2-3,6-7,9-12H2,1H3. The first-order valence-electron chi connectivity index (χ1n) is 9.02. The molecule has 1 aliphatic carbocycles. The first-order chi connectivity index (χ1) is 12.4. The van der Waals surface area contributed by atoms with Crippen LogP contribution in [0.3, 0.4) is 0 Å². The maximum Gasteiger partial charge on any atom is 0.253 e. The molecule has 0 unspecified atom stereocenters. The number of likely N-dealkylation sites (N-methyl/N-ethyl adjacent to an activating group) is 1. The largest absolute Gasteiger partial charge is 0.344 e. The number of amides is 2. The Bertz CT molecular complexity index is 787. The molecule has 1 aliphatic heterocycles. The van der Waals surface area contributed by atoms with Gasteiger partial charge in [0, 0.05) is 44.7 Å². The maximum atomic E-state index is 12.8. The minimum Gasteiger partial charge on any atom is -0.344 e. The van der Waals surface area contributed by atoms with Crippen LogP contribution in [-0.2, 0) is 14.8 Å². The summed E-state index contributed by atoms with van der Waals surface area (Å²) >= 11 is 0. The number of sulfonamides is 1. The van der Waals surface area contributed by atoms with Gasteiger partial charge in [0.15, 0.2) is 0 Å². The van der Waals surface area contributed by atoms with Gasteiger partial charge in [-0.2, -0.15) is 0 Å². The van der Waals surface area contributed by atoms with Crippen LogP contribution >= 0.6 is 0 Å². The lowest BCUT2D eigenvalue weighted by Gasteiger charge is -2.21. The summed E-state index contributed by atoms with van der Waals surface area (Å²) in [7, 11) is -1.92. The molecule has 0 atom stereocenters. The van der Waals surface area contributed by atoms with E-state index in [1.54, 1.807) is 29.0 Å². The molecule has 0 aromatic heterocycles. The van der Waals surface area contributed by atoms with Crippen LogP contribution in [0, 0.1) is 0 Å². The minimum absolute atomic E-state index is 0.0115. The van der Waals surface area contributed by atoms with Gasteiger partial charge in [-0.05, 0) is 31.0 Å². The average Bonchev–Trinajstić information content (AvgIpc) is 3.06. The number of carbonyl (C=O) groups is 2. The zero-order chi connectivity index (χ0) is 18.7. The molecule has 8 heteroatoms. The van der Waals surface area contributed by atoms with Crippen LogP contribution in [0.2, 0.25) is 0 Å². The molecule has 0 radical (unpaired) electrons. The Morgan fingerprint density at radius 3 is 2.62 bits per heavy atom. The SMILES string of the molecule is CN1CCN(C(=O)c2cccc(S(=O)(=O)NC3CCCC3)c2)CCC1=O. The lowest BCUT2D eigenvalue weighted by atomic mass is 10.2. The summed E-state index contributed by atoms with van der Waals surface area (Å²) in [6, 6.07) is 6.12. The van der Waals surface area contributed by atoms with Crippen molar-refractivity contribution in [2.24, 2.45) is 0 Å². The van der Waals surface area contributed by atoms with Crippen molar-refractivity contribution in [1.29, 1.82) is 0 Å². The quantitative estimate of drug-likeness (QED) is 0.852. The molecule has 1 N–H and O–H groups in total. The Labute approximate surface area is 154 Å². The highest BCUT2D eigenvalue weighted by Crippen LogP contribution is 2.21. The van der Waals surface area contributed by atoms with Crippen molar-refractivity contribution in [3.63, 3.8) is 0 Å². The molecule has 2 aliphatic rings. The van der Waals surface area contributed by atoms with Gasteiger partial charge in [-0.1, -0.05) is 18.9 Å². The van der Waals surface area contributed by atoms with E-state index in [1.165, 1.54) is 12.1 Å². The molecular formula is C18H25N3O4S. The lowest BCUT2D eigenvalue weighted by Crippen LogP contribution is -2.35. The van der Waals surface area contributed by atoms with E-state index in [0.29, 0.717) is 25.2 Å². The maximum absolute atomic E-state index is 12.8. The van der Waals surface area contributed by atoms with Gasteiger partial charge in [0.1, 0.15) is 0 Å². The van der Waals surface area contributed by atoms with Gasteiger partial charge in [-0.25, -0.2) is 13.1 Å². The molecule has 7 nitrogen and oxygen atoms in total. The molecule has 0 spiro atoms. The van der Waals surface area contributed by atoms with Crippen molar-refractivity contribution in [2.75, 3.05) is 26.7 Å². The second-order valence-electron chi connectivity index (χ2n) is 6.99. The van der Waals surface area contributed by atoms with Gasteiger partial charge < -0.3 is 9.80 Å². The monoisotopic (exact) mass is 379 g/mol. The van der Waals surface area contributed by atoms with Crippen molar-refractivity contribution in [3.8, 4) is 0 Å². The zero-order valence-electron chi connectivity index (χ0n) is 15.0. The highest BCUT2D eigenvalue weighted by Gasteiger charge is 2.26. The van der Waals surface area contributed by atoms with Crippen LogP contribution in [0.4, 0.5) is 0 Å². The molecule has 3 rings (SSSR count). The number of carbonyl (C=O) groups excluding carboxylic acids is 2. The predicted molar refractivity (Wildman–Crippen MR) is 97.2 cm³/mol. The van der Waals surface area contributed by atoms with E-state index in [2.05, 4.69) is 4.72 Å². The smallest absolute Gasteiger partial charge is 0.253 e. The van der Waals surface area contributed by atoms with Crippen LogP contribution in [0.1, 0.15) is 42.5 Å². The molecule has 1 aromatic rings. The van der Waals surface area contributed by atoms with E-state index in [4.69, 9.17) is 0 Å². The molecule has 2 amide bonds. The highest BCUT2D eigenvalue weighted by molar-refractivity contribution is 7.89. The average molecular weight is 379 g/mol. The summed E-state index contributed by atoms with van der Waals surface area (Å²) in [4.78, 5) is 27.9. The number of benzene rings is 1. The van der Waals surface area contributed by atoms with E-state index in [-0.39, 0.29) is 29.2 Å². The topological polar surface area (TPSA) is 86.8 Å². The molecule has 1 aromatic carbocycles. The van der Waals surface area contributed by atoms with Gasteiger partial charge >= 0.3 is 0 Å². The number of nitrogens with zero attached hydrogens (tertiary/aromatic N) is 2. The van der Waals surface area contributed by atoms with Crippen LogP contribution < -0.4 is 4.72 Å². The third kappa shape index (κ3) is 4.24. The van der Waals surface area contributed by atoms with E-state index in [1.807, 2.05) is 0 Å². The minimum atomic E-state index is -3.64. The number of hydrogen-bond donors (Lipinski definition) is 1. The fourth-order valence-corrected chi connectivity index (χ4v) is 4.79. The fraction of sp³-hybridized carbons (Fsp3) is 0.556. The van der Waals surface area contributed by atoms with Gasteiger partial charge in [0.05, 0.1) is 4.90 Å². The van der Waals surface area contributed by atoms with Crippen LogP contribution in [-0.4, -0.2) is 62.8 Å².